The first-order chi connectivity index (χ1) is 9.28. The van der Waals surface area contributed by atoms with Crippen LogP contribution in [0.1, 0.15) is 13.8 Å². The molecule has 1 aromatic rings. The number of nitrogens with one attached hydrogen (secondary N) is 2. The molecule has 0 fully saturated rings. The Labute approximate surface area is 127 Å². The number of guanidine groups is 1. The lowest BCUT2D eigenvalue weighted by Gasteiger charge is -2.13. The number of rotatable bonds is 3. The molecular formula is C11H17IN5OP. The van der Waals surface area contributed by atoms with E-state index in [4.69, 9.17) is 10.3 Å². The van der Waals surface area contributed by atoms with E-state index in [1.807, 2.05) is 38.1 Å². The highest BCUT2D eigenvalue weighted by Gasteiger charge is 2.05. The van der Waals surface area contributed by atoms with Crippen molar-refractivity contribution in [2.45, 2.75) is 13.8 Å². The summed E-state index contributed by atoms with van der Waals surface area (Å²) in [4.78, 5) is 4.18. The van der Waals surface area contributed by atoms with Gasteiger partial charge in [-0.05, 0) is 34.2 Å². The summed E-state index contributed by atoms with van der Waals surface area (Å²) < 4.78 is 5.42. The van der Waals surface area contributed by atoms with Gasteiger partial charge in [0.25, 0.3) is 0 Å². The fourth-order valence-electron chi connectivity index (χ4n) is 1.24. The largest absolute Gasteiger partial charge is 0.467 e. The van der Waals surface area contributed by atoms with Crippen molar-refractivity contribution in [1.82, 2.24) is 5.43 Å². The van der Waals surface area contributed by atoms with E-state index in [1.165, 1.54) is 0 Å². The molecule has 1 atom stereocenters. The Balaban J connectivity index is 0.000000861. The minimum absolute atomic E-state index is 0.394. The summed E-state index contributed by atoms with van der Waals surface area (Å²) in [5.74, 6) is 1.87. The van der Waals surface area contributed by atoms with Crippen molar-refractivity contribution < 1.29 is 4.52 Å². The first-order valence-corrected chi connectivity index (χ1v) is 9.82. The molecule has 0 aliphatic carbocycles. The van der Waals surface area contributed by atoms with Gasteiger partial charge >= 0.3 is 0 Å². The van der Waals surface area contributed by atoms with Crippen LogP contribution >= 0.6 is 28.5 Å². The molecular weight excluding hydrogens is 376 g/mol. The Morgan fingerprint density at radius 1 is 1.47 bits per heavy atom. The zero-order valence-corrected chi connectivity index (χ0v) is 13.9. The molecule has 0 saturated heterocycles. The van der Waals surface area contributed by atoms with Gasteiger partial charge < -0.3 is 15.6 Å². The van der Waals surface area contributed by atoms with Gasteiger partial charge in [-0.25, -0.2) is 10.4 Å². The van der Waals surface area contributed by atoms with E-state index >= 15 is 0 Å². The van der Waals surface area contributed by atoms with Crippen molar-refractivity contribution in [2.24, 2.45) is 15.8 Å². The summed E-state index contributed by atoms with van der Waals surface area (Å²) in [6.07, 6.45) is 0. The van der Waals surface area contributed by atoms with Gasteiger partial charge in [0.15, 0.2) is 0 Å². The summed E-state index contributed by atoms with van der Waals surface area (Å²) in [5.41, 5.74) is 9.10. The number of hydrogen-bond donors (Lipinski definition) is 3. The zero-order chi connectivity index (χ0) is 14.1. The predicted octanol–water partition coefficient (Wildman–Crippen LogP) is 2.68. The van der Waals surface area contributed by atoms with Gasteiger partial charge in [0.05, 0.1) is 0 Å². The number of nitrogens with zero attached hydrogens (tertiary/aromatic N) is 2. The number of hydrogen-bond acceptors (Lipinski definition) is 6. The average molecular weight is 393 g/mol. The van der Waals surface area contributed by atoms with Crippen LogP contribution in [0.15, 0.2) is 34.4 Å². The van der Waals surface area contributed by atoms with Crippen LogP contribution in [0.25, 0.3) is 0 Å². The third-order valence-corrected chi connectivity index (χ3v) is 2.93. The van der Waals surface area contributed by atoms with Crippen LogP contribution < -0.4 is 21.0 Å². The standard InChI is InChI=1S/C9H11IN5OP.C2H6/c10-17-16-7-3-1-2-6(4-7)13-9-12-5-8(11)14-15-9;1-2/h1-4,17H,5H2,(H2,11,14)(H2,12,13,15);1-2H3. The van der Waals surface area contributed by atoms with Gasteiger partial charge in [-0.1, -0.05) is 19.9 Å². The van der Waals surface area contributed by atoms with Gasteiger partial charge in [-0.15, -0.1) is 0 Å². The molecule has 0 bridgehead atoms. The molecule has 4 N–H and O–H groups in total. The first-order valence-electron chi connectivity index (χ1n) is 5.80. The molecule has 2 rings (SSSR count). The van der Waals surface area contributed by atoms with Gasteiger partial charge in [-0.2, -0.15) is 5.10 Å². The Morgan fingerprint density at radius 3 is 2.89 bits per heavy atom. The Morgan fingerprint density at radius 2 is 2.26 bits per heavy atom. The van der Waals surface area contributed by atoms with Gasteiger partial charge in [-0.3, -0.25) is 0 Å². The molecule has 1 aliphatic rings. The van der Waals surface area contributed by atoms with Gasteiger partial charge in [0.2, 0.25) is 5.96 Å². The monoisotopic (exact) mass is 393 g/mol. The van der Waals surface area contributed by atoms with E-state index in [9.17, 15) is 0 Å². The molecule has 0 radical (unpaired) electrons. The van der Waals surface area contributed by atoms with E-state index < -0.39 is 0 Å². The Bertz CT molecular complexity index is 466. The van der Waals surface area contributed by atoms with E-state index in [-0.39, 0.29) is 0 Å². The Hall–Kier alpha value is -1.08. The van der Waals surface area contributed by atoms with Crippen LogP contribution in [0.4, 0.5) is 5.69 Å². The number of benzene rings is 1. The lowest BCUT2D eigenvalue weighted by molar-refractivity contribution is 0.645. The van der Waals surface area contributed by atoms with Crippen LogP contribution in [0.2, 0.25) is 0 Å². The maximum Gasteiger partial charge on any atom is 0.217 e. The highest BCUT2D eigenvalue weighted by Crippen LogP contribution is 2.28. The molecule has 8 heteroatoms. The third-order valence-electron chi connectivity index (χ3n) is 1.96. The van der Waals surface area contributed by atoms with E-state index in [0.29, 0.717) is 24.8 Å². The number of hydrazone groups is 1. The van der Waals surface area contributed by atoms with Crippen LogP contribution in [-0.4, -0.2) is 18.3 Å². The van der Waals surface area contributed by atoms with E-state index in [1.54, 1.807) is 0 Å². The van der Waals surface area contributed by atoms with Crippen molar-refractivity contribution in [2.75, 3.05) is 11.9 Å². The number of amidine groups is 1. The molecule has 0 amide bonds. The Kier molecular flexibility index (Phi) is 7.50. The van der Waals surface area contributed by atoms with Crippen molar-refractivity contribution in [3.63, 3.8) is 0 Å². The summed E-state index contributed by atoms with van der Waals surface area (Å²) in [7, 11) is 0. The van der Waals surface area contributed by atoms with Crippen LogP contribution in [0.5, 0.6) is 5.75 Å². The van der Waals surface area contributed by atoms with E-state index in [2.05, 4.69) is 42.9 Å². The second-order valence-corrected chi connectivity index (χ2v) is 4.89. The fourth-order valence-corrected chi connectivity index (χ4v) is 2.22. The fraction of sp³-hybridized carbons (Fsp3) is 0.273. The van der Waals surface area contributed by atoms with Crippen molar-refractivity contribution in [3.8, 4) is 5.75 Å². The topological polar surface area (TPSA) is 84.0 Å². The minimum atomic E-state index is 0.394. The molecule has 0 aromatic heterocycles. The normalized spacial score (nSPS) is 13.8. The predicted molar refractivity (Wildman–Crippen MR) is 91.4 cm³/mol. The number of anilines is 1. The molecule has 1 unspecified atom stereocenters. The highest BCUT2D eigenvalue weighted by molar-refractivity contribution is 14.2. The molecule has 1 aromatic carbocycles. The molecule has 104 valence electrons. The molecule has 0 spiro atoms. The van der Waals surface area contributed by atoms with Gasteiger partial charge in [0, 0.05) is 11.8 Å². The van der Waals surface area contributed by atoms with Crippen molar-refractivity contribution in [1.29, 1.82) is 0 Å². The van der Waals surface area contributed by atoms with Crippen LogP contribution in [0.3, 0.4) is 0 Å². The quantitative estimate of drug-likeness (QED) is 0.545. The number of nitrogens with two attached hydrogens (primary N) is 1. The second kappa shape index (κ2) is 8.92. The minimum Gasteiger partial charge on any atom is -0.467 e. The summed E-state index contributed by atoms with van der Waals surface area (Å²) in [6, 6.07) is 7.64. The molecule has 0 saturated carbocycles. The van der Waals surface area contributed by atoms with Crippen LogP contribution in [-0.2, 0) is 0 Å². The number of halogens is 1. The first kappa shape index (κ1) is 16.0. The summed E-state index contributed by atoms with van der Waals surface area (Å²) in [6.45, 7) is 4.80. The maximum absolute atomic E-state index is 5.49. The molecule has 6 nitrogen and oxygen atoms in total. The SMILES string of the molecule is CC.NC1=NNC(Nc2cccc(OPI)c2)=NC1. The lowest BCUT2D eigenvalue weighted by Crippen LogP contribution is -2.35. The molecule has 19 heavy (non-hydrogen) atoms. The average Bonchev–Trinajstić information content (AvgIpc) is 2.45. The lowest BCUT2D eigenvalue weighted by atomic mass is 10.3. The number of aliphatic imine (C=N–C) groups is 1. The highest BCUT2D eigenvalue weighted by atomic mass is 127. The van der Waals surface area contributed by atoms with Crippen molar-refractivity contribution >= 4 is 46.0 Å². The molecule has 1 aliphatic heterocycles. The zero-order valence-electron chi connectivity index (χ0n) is 10.8. The summed E-state index contributed by atoms with van der Waals surface area (Å²) in [5, 5.41) is 6.98. The third kappa shape index (κ3) is 5.61. The van der Waals surface area contributed by atoms with E-state index in [0.717, 1.165) is 11.4 Å². The molecule has 1 heterocycles. The van der Waals surface area contributed by atoms with Crippen LogP contribution in [0, 0.1) is 0 Å². The second-order valence-electron chi connectivity index (χ2n) is 3.21. The maximum atomic E-state index is 5.49. The van der Waals surface area contributed by atoms with Gasteiger partial charge in [0.1, 0.15) is 24.6 Å². The smallest absolute Gasteiger partial charge is 0.217 e. The summed E-state index contributed by atoms with van der Waals surface area (Å²) >= 11 is 2.18. The van der Waals surface area contributed by atoms with Crippen molar-refractivity contribution in [3.05, 3.63) is 24.3 Å².